The standard InChI is InChI=1S/C28H29F3N2O3/c1-35-24-14-13-22(28(29,30)31)17-21(24)18-32-23-15-16-33(25(23)19-9-5-3-6-10-19)27(34)26(36-2)20-11-7-4-8-12-20/h3-14,17,23,25-26,32H,15-16,18H2,1-2H3/t23?,25?,26-/m0/s1. The number of benzene rings is 3. The zero-order valence-corrected chi connectivity index (χ0v) is 20.2. The fourth-order valence-corrected chi connectivity index (χ4v) is 4.81. The minimum atomic E-state index is -4.45. The average Bonchev–Trinajstić information content (AvgIpc) is 3.32. The number of carbonyl (C=O) groups is 1. The van der Waals surface area contributed by atoms with Crippen LogP contribution in [0, 0.1) is 0 Å². The summed E-state index contributed by atoms with van der Waals surface area (Å²) in [6, 6.07) is 21.9. The molecule has 0 saturated carbocycles. The molecule has 1 aliphatic heterocycles. The van der Waals surface area contributed by atoms with E-state index in [-0.39, 0.29) is 24.5 Å². The molecule has 8 heteroatoms. The average molecular weight is 499 g/mol. The van der Waals surface area contributed by atoms with Gasteiger partial charge < -0.3 is 19.7 Å². The van der Waals surface area contributed by atoms with E-state index in [1.165, 1.54) is 20.3 Å². The van der Waals surface area contributed by atoms with Crippen molar-refractivity contribution in [2.24, 2.45) is 0 Å². The van der Waals surface area contributed by atoms with Crippen LogP contribution in [0.15, 0.2) is 78.9 Å². The first-order valence-corrected chi connectivity index (χ1v) is 11.7. The Hall–Kier alpha value is -3.36. The number of carbonyl (C=O) groups excluding carboxylic acids is 1. The van der Waals surface area contributed by atoms with Crippen LogP contribution in [0.2, 0.25) is 0 Å². The molecule has 2 unspecified atom stereocenters. The van der Waals surface area contributed by atoms with E-state index in [4.69, 9.17) is 9.47 Å². The molecule has 1 saturated heterocycles. The molecule has 190 valence electrons. The molecule has 1 aliphatic rings. The van der Waals surface area contributed by atoms with Crippen molar-refractivity contribution in [1.29, 1.82) is 0 Å². The van der Waals surface area contributed by atoms with E-state index in [1.807, 2.05) is 60.7 Å². The number of amides is 1. The zero-order valence-electron chi connectivity index (χ0n) is 20.2. The van der Waals surface area contributed by atoms with Gasteiger partial charge in [0.15, 0.2) is 6.10 Å². The van der Waals surface area contributed by atoms with Crippen LogP contribution < -0.4 is 10.1 Å². The Morgan fingerprint density at radius 3 is 2.31 bits per heavy atom. The highest BCUT2D eigenvalue weighted by molar-refractivity contribution is 5.83. The van der Waals surface area contributed by atoms with Crippen molar-refractivity contribution in [2.75, 3.05) is 20.8 Å². The van der Waals surface area contributed by atoms with Crippen molar-refractivity contribution in [3.05, 3.63) is 101 Å². The Morgan fingerprint density at radius 2 is 1.69 bits per heavy atom. The monoisotopic (exact) mass is 498 g/mol. The fourth-order valence-electron chi connectivity index (χ4n) is 4.81. The molecular formula is C28H29F3N2O3. The van der Waals surface area contributed by atoms with Crippen molar-refractivity contribution in [1.82, 2.24) is 10.2 Å². The molecule has 3 atom stereocenters. The largest absolute Gasteiger partial charge is 0.496 e. The first-order chi connectivity index (χ1) is 17.3. The number of hydrogen-bond acceptors (Lipinski definition) is 4. The maximum absolute atomic E-state index is 13.7. The van der Waals surface area contributed by atoms with Crippen LogP contribution >= 0.6 is 0 Å². The summed E-state index contributed by atoms with van der Waals surface area (Å²) in [6.07, 6.45) is -4.56. The summed E-state index contributed by atoms with van der Waals surface area (Å²) in [7, 11) is 2.95. The quantitative estimate of drug-likeness (QED) is 0.444. The minimum absolute atomic E-state index is 0.154. The summed E-state index contributed by atoms with van der Waals surface area (Å²) in [5.74, 6) is 0.222. The molecule has 1 amide bonds. The number of nitrogens with zero attached hydrogens (tertiary/aromatic N) is 1. The van der Waals surface area contributed by atoms with E-state index in [0.29, 0.717) is 24.3 Å². The molecule has 0 bridgehead atoms. The minimum Gasteiger partial charge on any atom is -0.496 e. The number of methoxy groups -OCH3 is 2. The molecule has 0 radical (unpaired) electrons. The predicted molar refractivity (Wildman–Crippen MR) is 130 cm³/mol. The van der Waals surface area contributed by atoms with Gasteiger partial charge in [0.1, 0.15) is 5.75 Å². The van der Waals surface area contributed by atoms with Gasteiger partial charge in [-0.2, -0.15) is 13.2 Å². The van der Waals surface area contributed by atoms with Gasteiger partial charge in [0.05, 0.1) is 18.7 Å². The van der Waals surface area contributed by atoms with E-state index in [0.717, 1.165) is 23.3 Å². The molecule has 1 heterocycles. The van der Waals surface area contributed by atoms with Gasteiger partial charge in [-0.1, -0.05) is 60.7 Å². The maximum Gasteiger partial charge on any atom is 0.416 e. The lowest BCUT2D eigenvalue weighted by atomic mass is 9.98. The van der Waals surface area contributed by atoms with Crippen LogP contribution in [0.5, 0.6) is 5.75 Å². The summed E-state index contributed by atoms with van der Waals surface area (Å²) < 4.78 is 50.8. The molecule has 0 spiro atoms. The van der Waals surface area contributed by atoms with Gasteiger partial charge in [-0.05, 0) is 35.7 Å². The van der Waals surface area contributed by atoms with Crippen molar-refractivity contribution < 1.29 is 27.4 Å². The molecule has 0 aromatic heterocycles. The number of likely N-dealkylation sites (tertiary alicyclic amines) is 1. The van der Waals surface area contributed by atoms with Gasteiger partial charge in [-0.15, -0.1) is 0 Å². The third kappa shape index (κ3) is 5.55. The van der Waals surface area contributed by atoms with Crippen LogP contribution in [0.3, 0.4) is 0 Å². The zero-order chi connectivity index (χ0) is 25.7. The normalized spacial score (nSPS) is 18.8. The molecule has 5 nitrogen and oxygen atoms in total. The van der Waals surface area contributed by atoms with E-state index < -0.39 is 17.8 Å². The van der Waals surface area contributed by atoms with Crippen molar-refractivity contribution in [3.63, 3.8) is 0 Å². The second kappa shape index (κ2) is 11.1. The lowest BCUT2D eigenvalue weighted by molar-refractivity contribution is -0.143. The summed E-state index contributed by atoms with van der Waals surface area (Å²) in [6.45, 7) is 0.651. The summed E-state index contributed by atoms with van der Waals surface area (Å²) in [4.78, 5) is 15.5. The first kappa shape index (κ1) is 25.7. The number of nitrogens with one attached hydrogen (secondary N) is 1. The highest BCUT2D eigenvalue weighted by atomic mass is 19.4. The van der Waals surface area contributed by atoms with Crippen molar-refractivity contribution in [2.45, 2.75) is 37.3 Å². The Kier molecular flexibility index (Phi) is 7.96. The molecule has 1 fully saturated rings. The molecule has 3 aromatic carbocycles. The van der Waals surface area contributed by atoms with Crippen molar-refractivity contribution >= 4 is 5.91 Å². The second-order valence-electron chi connectivity index (χ2n) is 8.71. The highest BCUT2D eigenvalue weighted by Gasteiger charge is 2.41. The van der Waals surface area contributed by atoms with Crippen LogP contribution in [-0.4, -0.2) is 37.6 Å². The first-order valence-electron chi connectivity index (χ1n) is 11.7. The molecular weight excluding hydrogens is 469 g/mol. The summed E-state index contributed by atoms with van der Waals surface area (Å²) >= 11 is 0. The summed E-state index contributed by atoms with van der Waals surface area (Å²) in [5.41, 5.74) is 1.39. The molecule has 0 aliphatic carbocycles. The van der Waals surface area contributed by atoms with Gasteiger partial charge in [-0.25, -0.2) is 0 Å². The van der Waals surface area contributed by atoms with Crippen LogP contribution in [0.25, 0.3) is 0 Å². The number of hydrogen-bond donors (Lipinski definition) is 1. The Balaban J connectivity index is 1.60. The van der Waals surface area contributed by atoms with E-state index >= 15 is 0 Å². The third-order valence-corrected chi connectivity index (χ3v) is 6.55. The SMILES string of the molecule is COc1ccc(C(F)(F)F)cc1CNC1CCN(C(=O)[C@@H](OC)c2ccccc2)C1c1ccccc1. The third-order valence-electron chi connectivity index (χ3n) is 6.55. The Labute approximate surface area is 208 Å². The van der Waals surface area contributed by atoms with E-state index in [1.54, 1.807) is 4.90 Å². The van der Waals surface area contributed by atoms with E-state index in [9.17, 15) is 18.0 Å². The van der Waals surface area contributed by atoms with Gasteiger partial charge >= 0.3 is 6.18 Å². The smallest absolute Gasteiger partial charge is 0.416 e. The van der Waals surface area contributed by atoms with Gasteiger partial charge in [0, 0.05) is 31.8 Å². The van der Waals surface area contributed by atoms with E-state index in [2.05, 4.69) is 5.32 Å². The highest BCUT2D eigenvalue weighted by Crippen LogP contribution is 2.37. The van der Waals surface area contributed by atoms with Gasteiger partial charge in [0.25, 0.3) is 5.91 Å². The molecule has 1 N–H and O–H groups in total. The lowest BCUT2D eigenvalue weighted by Gasteiger charge is -2.32. The Morgan fingerprint density at radius 1 is 1.03 bits per heavy atom. The van der Waals surface area contributed by atoms with Crippen LogP contribution in [0.1, 0.15) is 40.8 Å². The molecule has 36 heavy (non-hydrogen) atoms. The lowest BCUT2D eigenvalue weighted by Crippen LogP contribution is -2.40. The Bertz CT molecular complexity index is 1160. The topological polar surface area (TPSA) is 50.8 Å². The maximum atomic E-state index is 13.7. The van der Waals surface area contributed by atoms with Gasteiger partial charge in [-0.3, -0.25) is 4.79 Å². The fraction of sp³-hybridized carbons (Fsp3) is 0.321. The van der Waals surface area contributed by atoms with Gasteiger partial charge in [0.2, 0.25) is 0 Å². The van der Waals surface area contributed by atoms with Crippen LogP contribution in [-0.2, 0) is 22.3 Å². The number of halogens is 3. The number of rotatable bonds is 8. The molecule has 3 aromatic rings. The molecule has 4 rings (SSSR count). The van der Waals surface area contributed by atoms with Crippen LogP contribution in [0.4, 0.5) is 13.2 Å². The predicted octanol–water partition coefficient (Wildman–Crippen LogP) is 5.53. The number of alkyl halides is 3. The van der Waals surface area contributed by atoms with Crippen molar-refractivity contribution in [3.8, 4) is 5.75 Å². The number of ether oxygens (including phenoxy) is 2. The summed E-state index contributed by atoms with van der Waals surface area (Å²) in [5, 5.41) is 3.40. The second-order valence-corrected chi connectivity index (χ2v) is 8.71.